The van der Waals surface area contributed by atoms with Crippen molar-refractivity contribution in [3.63, 3.8) is 0 Å². The number of rotatable bonds is 7. The van der Waals surface area contributed by atoms with Gasteiger partial charge in [-0.2, -0.15) is 0 Å². The molecule has 1 aliphatic heterocycles. The van der Waals surface area contributed by atoms with Crippen LogP contribution in [0, 0.1) is 11.6 Å². The summed E-state index contributed by atoms with van der Waals surface area (Å²) >= 11 is 0. The Labute approximate surface area is 134 Å². The van der Waals surface area contributed by atoms with Crippen LogP contribution in [-0.4, -0.2) is 67.2 Å². The Bertz CT molecular complexity index is 536. The van der Waals surface area contributed by atoms with Crippen LogP contribution in [0.2, 0.25) is 0 Å². The van der Waals surface area contributed by atoms with Gasteiger partial charge < -0.3 is 10.4 Å². The Balaban J connectivity index is 2.14. The van der Waals surface area contributed by atoms with Gasteiger partial charge in [0.25, 0.3) is 0 Å². The number of hydrogen-bond acceptors (Lipinski definition) is 4. The highest BCUT2D eigenvalue weighted by Crippen LogP contribution is 2.23. The topological polar surface area (TPSA) is 55.8 Å². The van der Waals surface area contributed by atoms with Gasteiger partial charge in [-0.05, 0) is 24.7 Å². The maximum absolute atomic E-state index is 13.6. The van der Waals surface area contributed by atoms with E-state index in [0.29, 0.717) is 18.7 Å². The number of nitrogens with one attached hydrogen (secondary N) is 1. The summed E-state index contributed by atoms with van der Waals surface area (Å²) in [6, 6.07) is 3.73. The zero-order valence-corrected chi connectivity index (χ0v) is 13.3. The molecule has 1 saturated heterocycles. The largest absolute Gasteiger partial charge is 0.481 e. The molecule has 0 aromatic heterocycles. The van der Waals surface area contributed by atoms with E-state index in [1.807, 2.05) is 11.9 Å². The van der Waals surface area contributed by atoms with Crippen molar-refractivity contribution >= 4 is 5.97 Å². The number of halogens is 2. The summed E-state index contributed by atoms with van der Waals surface area (Å²) in [7, 11) is 1.82. The van der Waals surface area contributed by atoms with Gasteiger partial charge in [0, 0.05) is 45.3 Å². The molecular formula is C16H23F2N3O2. The lowest BCUT2D eigenvalue weighted by Crippen LogP contribution is -2.47. The third-order valence-corrected chi connectivity index (χ3v) is 4.18. The summed E-state index contributed by atoms with van der Waals surface area (Å²) in [6.07, 6.45) is 0.0121. The van der Waals surface area contributed by atoms with Gasteiger partial charge in [-0.3, -0.25) is 14.6 Å². The normalized spacial score (nSPS) is 17.4. The van der Waals surface area contributed by atoms with E-state index in [2.05, 4.69) is 10.2 Å². The predicted octanol–water partition coefficient (Wildman–Crippen LogP) is 1.32. The minimum Gasteiger partial charge on any atom is -0.481 e. The Morgan fingerprint density at radius 2 is 2.04 bits per heavy atom. The van der Waals surface area contributed by atoms with Crippen LogP contribution in [-0.2, 0) is 4.79 Å². The zero-order valence-electron chi connectivity index (χ0n) is 13.3. The molecular weight excluding hydrogens is 304 g/mol. The van der Waals surface area contributed by atoms with E-state index in [1.54, 1.807) is 6.07 Å². The molecule has 5 nitrogen and oxygen atoms in total. The average Bonchev–Trinajstić information content (AvgIpc) is 2.54. The third kappa shape index (κ3) is 5.23. The molecule has 23 heavy (non-hydrogen) atoms. The molecule has 7 heteroatoms. The molecule has 1 heterocycles. The third-order valence-electron chi connectivity index (χ3n) is 4.18. The Kier molecular flexibility index (Phi) is 6.44. The van der Waals surface area contributed by atoms with Gasteiger partial charge in [0.2, 0.25) is 0 Å². The summed E-state index contributed by atoms with van der Waals surface area (Å²) in [5.74, 6) is -2.62. The second-order valence-electron chi connectivity index (χ2n) is 5.86. The SMILES string of the molecule is CN(CCC(=O)O)C(CN1CCNCC1)c1ccc(F)c(F)c1. The Morgan fingerprint density at radius 3 is 2.65 bits per heavy atom. The number of carboxylic acid groups (broad SMARTS) is 1. The van der Waals surface area contributed by atoms with Gasteiger partial charge in [0.05, 0.1) is 6.42 Å². The lowest BCUT2D eigenvalue weighted by molar-refractivity contribution is -0.137. The van der Waals surface area contributed by atoms with Crippen LogP contribution in [0.15, 0.2) is 18.2 Å². The van der Waals surface area contributed by atoms with Crippen molar-refractivity contribution in [3.8, 4) is 0 Å². The molecule has 0 radical (unpaired) electrons. The lowest BCUT2D eigenvalue weighted by Gasteiger charge is -2.35. The number of aliphatic carboxylic acids is 1. The molecule has 1 aliphatic rings. The van der Waals surface area contributed by atoms with Crippen LogP contribution in [0.1, 0.15) is 18.0 Å². The van der Waals surface area contributed by atoms with Crippen LogP contribution < -0.4 is 5.32 Å². The van der Waals surface area contributed by atoms with Crippen molar-refractivity contribution in [2.75, 3.05) is 46.3 Å². The first kappa shape index (κ1) is 17.8. The van der Waals surface area contributed by atoms with Gasteiger partial charge in [-0.15, -0.1) is 0 Å². The van der Waals surface area contributed by atoms with E-state index in [9.17, 15) is 13.6 Å². The van der Waals surface area contributed by atoms with Gasteiger partial charge in [-0.1, -0.05) is 6.07 Å². The van der Waals surface area contributed by atoms with Gasteiger partial charge in [0.1, 0.15) is 0 Å². The molecule has 1 aromatic rings. The van der Waals surface area contributed by atoms with Gasteiger partial charge in [-0.25, -0.2) is 8.78 Å². The van der Waals surface area contributed by atoms with E-state index >= 15 is 0 Å². The maximum Gasteiger partial charge on any atom is 0.304 e. The molecule has 128 valence electrons. The smallest absolute Gasteiger partial charge is 0.304 e. The van der Waals surface area contributed by atoms with E-state index in [0.717, 1.165) is 32.2 Å². The fourth-order valence-corrected chi connectivity index (χ4v) is 2.79. The number of nitrogens with zero attached hydrogens (tertiary/aromatic N) is 2. The minimum absolute atomic E-state index is 0.0121. The monoisotopic (exact) mass is 327 g/mol. The molecule has 1 fully saturated rings. The van der Waals surface area contributed by atoms with Crippen LogP contribution in [0.25, 0.3) is 0 Å². The van der Waals surface area contributed by atoms with Crippen molar-refractivity contribution in [3.05, 3.63) is 35.4 Å². The fraction of sp³-hybridized carbons (Fsp3) is 0.562. The van der Waals surface area contributed by atoms with Crippen molar-refractivity contribution in [2.45, 2.75) is 12.5 Å². The molecule has 1 aromatic carbocycles. The highest BCUT2D eigenvalue weighted by atomic mass is 19.2. The van der Waals surface area contributed by atoms with Gasteiger partial charge in [0.15, 0.2) is 11.6 Å². The Hall–Kier alpha value is -1.57. The lowest BCUT2D eigenvalue weighted by atomic mass is 10.0. The molecule has 0 saturated carbocycles. The molecule has 2 N–H and O–H groups in total. The number of likely N-dealkylation sites (N-methyl/N-ethyl adjacent to an activating group) is 1. The van der Waals surface area contributed by atoms with Crippen LogP contribution >= 0.6 is 0 Å². The fourth-order valence-electron chi connectivity index (χ4n) is 2.79. The zero-order chi connectivity index (χ0) is 16.8. The molecule has 0 aliphatic carbocycles. The van der Waals surface area contributed by atoms with E-state index in [4.69, 9.17) is 5.11 Å². The molecule has 0 amide bonds. The minimum atomic E-state index is -0.876. The highest BCUT2D eigenvalue weighted by Gasteiger charge is 2.23. The molecule has 0 spiro atoms. The number of carbonyl (C=O) groups is 1. The molecule has 2 rings (SSSR count). The summed E-state index contributed by atoms with van der Waals surface area (Å²) < 4.78 is 26.8. The van der Waals surface area contributed by atoms with Crippen LogP contribution in [0.5, 0.6) is 0 Å². The first-order valence-electron chi connectivity index (χ1n) is 7.77. The second kappa shape index (κ2) is 8.33. The van der Waals surface area contributed by atoms with Crippen molar-refractivity contribution < 1.29 is 18.7 Å². The van der Waals surface area contributed by atoms with E-state index in [1.165, 1.54) is 6.07 Å². The highest BCUT2D eigenvalue weighted by molar-refractivity contribution is 5.66. The van der Waals surface area contributed by atoms with Crippen molar-refractivity contribution in [1.29, 1.82) is 0 Å². The average molecular weight is 327 g/mol. The van der Waals surface area contributed by atoms with Crippen molar-refractivity contribution in [2.24, 2.45) is 0 Å². The van der Waals surface area contributed by atoms with Crippen LogP contribution in [0.4, 0.5) is 8.78 Å². The van der Waals surface area contributed by atoms with Gasteiger partial charge >= 0.3 is 5.97 Å². The summed E-state index contributed by atoms with van der Waals surface area (Å²) in [4.78, 5) is 14.9. The first-order chi connectivity index (χ1) is 11.0. The first-order valence-corrected chi connectivity index (χ1v) is 7.77. The number of piperazine rings is 1. The Morgan fingerprint density at radius 1 is 1.35 bits per heavy atom. The standard InChI is InChI=1S/C16H23F2N3O2/c1-20(7-4-16(22)23)15(11-21-8-5-19-6-9-21)12-2-3-13(17)14(18)10-12/h2-3,10,15,19H,4-9,11H2,1H3,(H,22,23). The number of hydrogen-bond donors (Lipinski definition) is 2. The van der Waals surface area contributed by atoms with E-state index < -0.39 is 17.6 Å². The summed E-state index contributed by atoms with van der Waals surface area (Å²) in [5, 5.41) is 12.1. The second-order valence-corrected chi connectivity index (χ2v) is 5.86. The summed E-state index contributed by atoms with van der Waals surface area (Å²) in [6.45, 7) is 4.56. The predicted molar refractivity (Wildman–Crippen MR) is 83.3 cm³/mol. The number of carboxylic acids is 1. The molecule has 1 atom stereocenters. The van der Waals surface area contributed by atoms with Crippen molar-refractivity contribution in [1.82, 2.24) is 15.1 Å². The summed E-state index contributed by atoms with van der Waals surface area (Å²) in [5.41, 5.74) is 0.662. The molecule has 0 bridgehead atoms. The van der Waals surface area contributed by atoms with Crippen LogP contribution in [0.3, 0.4) is 0 Å². The molecule has 1 unspecified atom stereocenters. The van der Waals surface area contributed by atoms with E-state index in [-0.39, 0.29) is 12.5 Å². The maximum atomic E-state index is 13.6. The quantitative estimate of drug-likeness (QED) is 0.791. The number of benzene rings is 1.